The van der Waals surface area contributed by atoms with Crippen molar-refractivity contribution in [1.82, 2.24) is 0 Å². The second-order valence-corrected chi connectivity index (χ2v) is 10.3. The normalized spacial score (nSPS) is 11.1. The molecule has 1 heterocycles. The Kier molecular flexibility index (Phi) is 12.9. The van der Waals surface area contributed by atoms with Gasteiger partial charge in [0.25, 0.3) is 0 Å². The molecule has 0 spiro atoms. The molecule has 3 aromatic rings. The van der Waals surface area contributed by atoms with Gasteiger partial charge in [-0.3, -0.25) is 9.59 Å². The van der Waals surface area contributed by atoms with E-state index in [0.717, 1.165) is 24.8 Å². The van der Waals surface area contributed by atoms with Crippen LogP contribution in [0.5, 0.6) is 17.2 Å². The lowest BCUT2D eigenvalue weighted by atomic mass is 10.0. The van der Waals surface area contributed by atoms with Crippen LogP contribution in [0.1, 0.15) is 103 Å². The molecule has 1 aromatic heterocycles. The number of ether oxygens (including phenoxy) is 2. The highest BCUT2D eigenvalue weighted by Crippen LogP contribution is 2.42. The average molecular weight is 537 g/mol. The topological polar surface area (TPSA) is 86.0 Å². The van der Waals surface area contributed by atoms with E-state index in [1.165, 1.54) is 89.9 Å². The summed E-state index contributed by atoms with van der Waals surface area (Å²) < 4.78 is 16.7. The molecule has 6 heteroatoms. The van der Waals surface area contributed by atoms with Gasteiger partial charge in [0.1, 0.15) is 16.7 Å². The number of aromatic hydroxyl groups is 1. The first kappa shape index (κ1) is 30.3. The van der Waals surface area contributed by atoms with Crippen molar-refractivity contribution in [1.29, 1.82) is 0 Å². The Morgan fingerprint density at radius 2 is 1.38 bits per heavy atom. The average Bonchev–Trinajstić information content (AvgIpc) is 2.93. The van der Waals surface area contributed by atoms with E-state index in [-0.39, 0.29) is 28.9 Å². The van der Waals surface area contributed by atoms with Crippen molar-refractivity contribution in [2.75, 3.05) is 7.11 Å². The van der Waals surface area contributed by atoms with Gasteiger partial charge in [-0.25, -0.2) is 0 Å². The molecule has 0 radical (unpaired) electrons. The molecular formula is C33H44O6. The maximum Gasteiger partial charge on any atom is 0.311 e. The first-order valence-electron chi connectivity index (χ1n) is 14.7. The van der Waals surface area contributed by atoms with E-state index in [4.69, 9.17) is 13.9 Å². The molecule has 39 heavy (non-hydrogen) atoms. The fraction of sp³-hybridized carbons (Fsp3) is 0.515. The molecule has 0 saturated carbocycles. The molecular weight excluding hydrogens is 492 g/mol. The monoisotopic (exact) mass is 536 g/mol. The summed E-state index contributed by atoms with van der Waals surface area (Å²) in [6.07, 6.45) is 17.7. The van der Waals surface area contributed by atoms with Gasteiger partial charge in [-0.2, -0.15) is 0 Å². The Morgan fingerprint density at radius 1 is 0.821 bits per heavy atom. The minimum Gasteiger partial charge on any atom is -0.504 e. The van der Waals surface area contributed by atoms with Gasteiger partial charge in [0.05, 0.1) is 7.11 Å². The van der Waals surface area contributed by atoms with Crippen molar-refractivity contribution in [3.63, 3.8) is 0 Å². The Balaban J connectivity index is 1.44. The lowest BCUT2D eigenvalue weighted by Gasteiger charge is -2.13. The van der Waals surface area contributed by atoms with Crippen molar-refractivity contribution < 1.29 is 23.8 Å². The van der Waals surface area contributed by atoms with Crippen molar-refractivity contribution in [3.05, 3.63) is 52.7 Å². The fourth-order valence-corrected chi connectivity index (χ4v) is 4.92. The quantitative estimate of drug-likeness (QED) is 0.0992. The summed E-state index contributed by atoms with van der Waals surface area (Å²) >= 11 is 0. The zero-order valence-electron chi connectivity index (χ0n) is 23.6. The molecule has 1 N–H and O–H groups in total. The van der Waals surface area contributed by atoms with Gasteiger partial charge in [-0.05, 0) is 6.42 Å². The SMILES string of the molecule is CCCCCCCCCCCCCCCCC(=O)Oc1cc2oc(-c3ccccc3)cc(=O)c2c(O)c1OC. The summed E-state index contributed by atoms with van der Waals surface area (Å²) in [6, 6.07) is 12.0. The first-order valence-corrected chi connectivity index (χ1v) is 14.7. The van der Waals surface area contributed by atoms with E-state index in [1.807, 2.05) is 30.3 Å². The molecule has 0 unspecified atom stereocenters. The van der Waals surface area contributed by atoms with E-state index < -0.39 is 17.1 Å². The number of methoxy groups -OCH3 is 1. The summed E-state index contributed by atoms with van der Waals surface area (Å²) in [5.41, 5.74) is 0.438. The second-order valence-electron chi connectivity index (χ2n) is 10.3. The van der Waals surface area contributed by atoms with Gasteiger partial charge in [-0.15, -0.1) is 0 Å². The van der Waals surface area contributed by atoms with E-state index in [9.17, 15) is 14.7 Å². The maximum atomic E-state index is 12.8. The van der Waals surface area contributed by atoms with Crippen LogP contribution in [0.3, 0.4) is 0 Å². The van der Waals surface area contributed by atoms with E-state index >= 15 is 0 Å². The highest BCUT2D eigenvalue weighted by Gasteiger charge is 2.21. The number of esters is 1. The van der Waals surface area contributed by atoms with Gasteiger partial charge in [0.15, 0.2) is 16.9 Å². The van der Waals surface area contributed by atoms with E-state index in [1.54, 1.807) is 0 Å². The summed E-state index contributed by atoms with van der Waals surface area (Å²) in [5, 5.41) is 10.7. The van der Waals surface area contributed by atoms with Crippen LogP contribution >= 0.6 is 0 Å². The molecule has 3 rings (SSSR count). The van der Waals surface area contributed by atoms with Gasteiger partial charge in [0.2, 0.25) is 5.75 Å². The number of unbranched alkanes of at least 4 members (excludes halogenated alkanes) is 13. The molecule has 0 aliphatic rings. The zero-order chi connectivity index (χ0) is 27.9. The fourth-order valence-electron chi connectivity index (χ4n) is 4.92. The van der Waals surface area contributed by atoms with Crippen LogP contribution in [0.25, 0.3) is 22.3 Å². The van der Waals surface area contributed by atoms with Crippen molar-refractivity contribution in [2.24, 2.45) is 0 Å². The van der Waals surface area contributed by atoms with Crippen LogP contribution in [0, 0.1) is 0 Å². The summed E-state index contributed by atoms with van der Waals surface area (Å²) in [5.74, 6) is -0.477. The molecule has 0 atom stereocenters. The molecule has 0 amide bonds. The molecule has 0 bridgehead atoms. The molecule has 212 valence electrons. The van der Waals surface area contributed by atoms with Crippen LogP contribution in [-0.4, -0.2) is 18.2 Å². The zero-order valence-corrected chi connectivity index (χ0v) is 23.6. The molecule has 0 fully saturated rings. The lowest BCUT2D eigenvalue weighted by molar-refractivity contribution is -0.134. The standard InChI is InChI=1S/C33H44O6/c1-3-4-5-6-7-8-9-10-11-12-13-14-15-19-22-30(35)39-29-24-28-31(32(36)33(29)37-2)26(34)23-27(38-28)25-20-17-16-18-21-25/h16-18,20-21,23-24,36H,3-15,19,22H2,1-2H3. The Bertz CT molecular complexity index is 1210. The summed E-state index contributed by atoms with van der Waals surface area (Å²) in [7, 11) is 1.35. The molecule has 2 aromatic carbocycles. The number of phenols is 1. The minimum atomic E-state index is -0.411. The predicted molar refractivity (Wildman–Crippen MR) is 157 cm³/mol. The van der Waals surface area contributed by atoms with Crippen molar-refractivity contribution >= 4 is 16.9 Å². The van der Waals surface area contributed by atoms with Gasteiger partial charge < -0.3 is 19.0 Å². The Hall–Kier alpha value is -3.28. The highest BCUT2D eigenvalue weighted by molar-refractivity contribution is 5.90. The molecule has 0 aliphatic carbocycles. The number of phenolic OH excluding ortho intramolecular Hbond substituents is 1. The third-order valence-corrected chi connectivity index (χ3v) is 7.13. The lowest BCUT2D eigenvalue weighted by Crippen LogP contribution is -2.09. The third-order valence-electron chi connectivity index (χ3n) is 7.13. The number of hydrogen-bond acceptors (Lipinski definition) is 6. The first-order chi connectivity index (χ1) is 19.0. The van der Waals surface area contributed by atoms with Crippen LogP contribution < -0.4 is 14.9 Å². The largest absolute Gasteiger partial charge is 0.504 e. The van der Waals surface area contributed by atoms with Gasteiger partial charge in [-0.1, -0.05) is 121 Å². The maximum absolute atomic E-state index is 12.8. The van der Waals surface area contributed by atoms with Crippen molar-refractivity contribution in [3.8, 4) is 28.6 Å². The van der Waals surface area contributed by atoms with E-state index in [2.05, 4.69) is 6.92 Å². The number of benzene rings is 2. The van der Waals surface area contributed by atoms with Crippen molar-refractivity contribution in [2.45, 2.75) is 103 Å². The number of rotatable bonds is 18. The molecule has 0 saturated heterocycles. The second kappa shape index (κ2) is 16.6. The summed E-state index contributed by atoms with van der Waals surface area (Å²) in [4.78, 5) is 25.3. The smallest absolute Gasteiger partial charge is 0.311 e. The molecule has 0 aliphatic heterocycles. The highest BCUT2D eigenvalue weighted by atomic mass is 16.6. The van der Waals surface area contributed by atoms with Crippen LogP contribution in [0.2, 0.25) is 0 Å². The summed E-state index contributed by atoms with van der Waals surface area (Å²) in [6.45, 7) is 2.26. The Labute approximate surface area is 232 Å². The van der Waals surface area contributed by atoms with Crippen LogP contribution in [-0.2, 0) is 4.79 Å². The number of fused-ring (bicyclic) bond motifs is 1. The van der Waals surface area contributed by atoms with Gasteiger partial charge >= 0.3 is 5.97 Å². The predicted octanol–water partition coefficient (Wildman–Crippen LogP) is 8.95. The van der Waals surface area contributed by atoms with Crippen LogP contribution in [0.15, 0.2) is 51.7 Å². The number of carbonyl (C=O) groups is 1. The van der Waals surface area contributed by atoms with E-state index in [0.29, 0.717) is 5.76 Å². The molecule has 6 nitrogen and oxygen atoms in total. The number of carbonyl (C=O) groups excluding carboxylic acids is 1. The third kappa shape index (κ3) is 9.45. The van der Waals surface area contributed by atoms with Gasteiger partial charge in [0, 0.05) is 24.1 Å². The number of hydrogen-bond donors (Lipinski definition) is 1. The Morgan fingerprint density at radius 3 is 1.95 bits per heavy atom. The minimum absolute atomic E-state index is 0.0155. The van der Waals surface area contributed by atoms with Crippen LogP contribution in [0.4, 0.5) is 0 Å².